The van der Waals surface area contributed by atoms with Crippen molar-refractivity contribution < 1.29 is 5.11 Å². The molecule has 0 aliphatic carbocycles. The fourth-order valence-corrected chi connectivity index (χ4v) is 1.36. The molecule has 78 valence electrons. The molecule has 0 aliphatic heterocycles. The molecule has 0 unspecified atom stereocenters. The van der Waals surface area contributed by atoms with Crippen LogP contribution in [0, 0.1) is 0 Å². The first-order valence-corrected chi connectivity index (χ1v) is 4.75. The van der Waals surface area contributed by atoms with E-state index in [0.717, 1.165) is 11.3 Å². The zero-order valence-corrected chi connectivity index (χ0v) is 8.75. The minimum absolute atomic E-state index is 0.805. The second-order valence-corrected chi connectivity index (χ2v) is 3.95. The highest BCUT2D eigenvalue weighted by Crippen LogP contribution is 2.20. The van der Waals surface area contributed by atoms with Gasteiger partial charge in [-0.1, -0.05) is 12.1 Å². The summed E-state index contributed by atoms with van der Waals surface area (Å²) in [4.78, 5) is 3.87. The Morgan fingerprint density at radius 1 is 1.20 bits per heavy atom. The van der Waals surface area contributed by atoms with Crippen molar-refractivity contribution in [1.29, 1.82) is 0 Å². The topological polar surface area (TPSA) is 50.9 Å². The Balaban J connectivity index is 2.33. The highest BCUT2D eigenvalue weighted by molar-refractivity contribution is 5.35. The van der Waals surface area contributed by atoms with Crippen molar-refractivity contribution >= 4 is 0 Å². The average Bonchev–Trinajstić information content (AvgIpc) is 2.69. The SMILES string of the molecule is CC(C)(O)c1ccc(-n2cncn2)cc1. The van der Waals surface area contributed by atoms with E-state index in [2.05, 4.69) is 10.1 Å². The second kappa shape index (κ2) is 3.47. The quantitative estimate of drug-likeness (QED) is 0.804. The molecule has 0 saturated carbocycles. The lowest BCUT2D eigenvalue weighted by Gasteiger charge is -2.17. The maximum Gasteiger partial charge on any atom is 0.138 e. The van der Waals surface area contributed by atoms with Gasteiger partial charge in [0, 0.05) is 0 Å². The van der Waals surface area contributed by atoms with Crippen molar-refractivity contribution in [3.05, 3.63) is 42.5 Å². The molecular formula is C11H13N3O. The monoisotopic (exact) mass is 203 g/mol. The largest absolute Gasteiger partial charge is 0.386 e. The number of aliphatic hydroxyl groups is 1. The molecule has 1 heterocycles. The van der Waals surface area contributed by atoms with E-state index >= 15 is 0 Å². The van der Waals surface area contributed by atoms with Crippen LogP contribution in [0.2, 0.25) is 0 Å². The smallest absolute Gasteiger partial charge is 0.138 e. The lowest BCUT2D eigenvalue weighted by atomic mass is 9.98. The van der Waals surface area contributed by atoms with Crippen molar-refractivity contribution in [3.8, 4) is 5.69 Å². The Morgan fingerprint density at radius 3 is 2.33 bits per heavy atom. The first-order valence-electron chi connectivity index (χ1n) is 4.75. The molecular weight excluding hydrogens is 190 g/mol. The molecule has 4 heteroatoms. The van der Waals surface area contributed by atoms with Gasteiger partial charge in [-0.3, -0.25) is 0 Å². The normalized spacial score (nSPS) is 11.7. The van der Waals surface area contributed by atoms with Crippen LogP contribution in [0.5, 0.6) is 0 Å². The maximum atomic E-state index is 9.78. The molecule has 2 rings (SSSR count). The molecule has 0 aliphatic rings. The number of aromatic nitrogens is 3. The zero-order chi connectivity index (χ0) is 10.9. The molecule has 0 atom stereocenters. The van der Waals surface area contributed by atoms with Crippen molar-refractivity contribution in [2.75, 3.05) is 0 Å². The Bertz CT molecular complexity index is 426. The molecule has 1 aromatic carbocycles. The number of nitrogens with zero attached hydrogens (tertiary/aromatic N) is 3. The van der Waals surface area contributed by atoms with E-state index in [1.165, 1.54) is 6.33 Å². The van der Waals surface area contributed by atoms with E-state index in [0.29, 0.717) is 0 Å². The van der Waals surface area contributed by atoms with Gasteiger partial charge >= 0.3 is 0 Å². The van der Waals surface area contributed by atoms with Crippen molar-refractivity contribution in [2.24, 2.45) is 0 Å². The van der Waals surface area contributed by atoms with Gasteiger partial charge in [-0.25, -0.2) is 9.67 Å². The summed E-state index contributed by atoms with van der Waals surface area (Å²) in [5, 5.41) is 13.8. The van der Waals surface area contributed by atoms with Gasteiger partial charge in [0.15, 0.2) is 0 Å². The van der Waals surface area contributed by atoms with Gasteiger partial charge in [0.05, 0.1) is 11.3 Å². The van der Waals surface area contributed by atoms with Gasteiger partial charge in [-0.15, -0.1) is 0 Å². The second-order valence-electron chi connectivity index (χ2n) is 3.95. The number of hydrogen-bond acceptors (Lipinski definition) is 3. The zero-order valence-electron chi connectivity index (χ0n) is 8.75. The molecule has 0 radical (unpaired) electrons. The van der Waals surface area contributed by atoms with Gasteiger partial charge in [-0.05, 0) is 31.5 Å². The predicted octanol–water partition coefficient (Wildman–Crippen LogP) is 1.49. The van der Waals surface area contributed by atoms with Crippen LogP contribution in [0.1, 0.15) is 19.4 Å². The third kappa shape index (κ3) is 2.05. The van der Waals surface area contributed by atoms with Gasteiger partial charge in [0.1, 0.15) is 12.7 Å². The molecule has 0 saturated heterocycles. The van der Waals surface area contributed by atoms with Crippen LogP contribution in [-0.4, -0.2) is 19.9 Å². The van der Waals surface area contributed by atoms with Gasteiger partial charge < -0.3 is 5.11 Å². The van der Waals surface area contributed by atoms with E-state index in [9.17, 15) is 5.11 Å². The van der Waals surface area contributed by atoms with Gasteiger partial charge in [-0.2, -0.15) is 5.10 Å². The summed E-state index contributed by atoms with van der Waals surface area (Å²) < 4.78 is 1.67. The summed E-state index contributed by atoms with van der Waals surface area (Å²) in [6, 6.07) is 7.58. The third-order valence-corrected chi connectivity index (χ3v) is 2.26. The molecule has 2 aromatic rings. The summed E-state index contributed by atoms with van der Waals surface area (Å²) in [6.45, 7) is 3.52. The molecule has 15 heavy (non-hydrogen) atoms. The molecule has 0 spiro atoms. The van der Waals surface area contributed by atoms with Crippen LogP contribution >= 0.6 is 0 Å². The predicted molar refractivity (Wildman–Crippen MR) is 56.6 cm³/mol. The first-order chi connectivity index (χ1) is 7.07. The summed E-state index contributed by atoms with van der Waals surface area (Å²) >= 11 is 0. The molecule has 0 bridgehead atoms. The van der Waals surface area contributed by atoms with E-state index in [1.54, 1.807) is 24.9 Å². The maximum absolute atomic E-state index is 9.78. The van der Waals surface area contributed by atoms with Gasteiger partial charge in [0.2, 0.25) is 0 Å². The van der Waals surface area contributed by atoms with E-state index < -0.39 is 5.60 Å². The highest BCUT2D eigenvalue weighted by atomic mass is 16.3. The van der Waals surface area contributed by atoms with Crippen LogP contribution in [0.25, 0.3) is 5.69 Å². The highest BCUT2D eigenvalue weighted by Gasteiger charge is 2.15. The Hall–Kier alpha value is -1.68. The Labute approximate surface area is 88.2 Å². The van der Waals surface area contributed by atoms with Gasteiger partial charge in [0.25, 0.3) is 0 Å². The molecule has 4 nitrogen and oxygen atoms in total. The van der Waals surface area contributed by atoms with E-state index in [4.69, 9.17) is 0 Å². The van der Waals surface area contributed by atoms with E-state index in [-0.39, 0.29) is 0 Å². The summed E-state index contributed by atoms with van der Waals surface area (Å²) in [5.74, 6) is 0. The lowest BCUT2D eigenvalue weighted by molar-refractivity contribution is 0.0786. The first kappa shape index (κ1) is 9.86. The van der Waals surface area contributed by atoms with Crippen LogP contribution in [0.15, 0.2) is 36.9 Å². The Kier molecular flexibility index (Phi) is 2.28. The van der Waals surface area contributed by atoms with Crippen molar-refractivity contribution in [3.63, 3.8) is 0 Å². The van der Waals surface area contributed by atoms with Crippen LogP contribution in [-0.2, 0) is 5.60 Å². The van der Waals surface area contributed by atoms with Crippen LogP contribution < -0.4 is 0 Å². The molecule has 1 aromatic heterocycles. The number of benzene rings is 1. The molecule has 0 amide bonds. The average molecular weight is 203 g/mol. The van der Waals surface area contributed by atoms with Crippen molar-refractivity contribution in [2.45, 2.75) is 19.4 Å². The van der Waals surface area contributed by atoms with Crippen LogP contribution in [0.3, 0.4) is 0 Å². The summed E-state index contributed by atoms with van der Waals surface area (Å²) in [6.07, 6.45) is 3.13. The van der Waals surface area contributed by atoms with Crippen LogP contribution in [0.4, 0.5) is 0 Å². The molecule has 1 N–H and O–H groups in total. The van der Waals surface area contributed by atoms with E-state index in [1.807, 2.05) is 24.3 Å². The summed E-state index contributed by atoms with van der Waals surface area (Å²) in [7, 11) is 0. The standard InChI is InChI=1S/C11H13N3O/c1-11(2,15)9-3-5-10(6-4-9)14-8-12-7-13-14/h3-8,15H,1-2H3. The minimum atomic E-state index is -0.805. The fourth-order valence-electron chi connectivity index (χ4n) is 1.36. The third-order valence-electron chi connectivity index (χ3n) is 2.26. The van der Waals surface area contributed by atoms with Crippen molar-refractivity contribution in [1.82, 2.24) is 14.8 Å². The molecule has 0 fully saturated rings. The Morgan fingerprint density at radius 2 is 1.87 bits per heavy atom. The number of hydrogen-bond donors (Lipinski definition) is 1. The minimum Gasteiger partial charge on any atom is -0.386 e. The number of rotatable bonds is 2. The lowest BCUT2D eigenvalue weighted by Crippen LogP contribution is -2.15. The summed E-state index contributed by atoms with van der Waals surface area (Å²) in [5.41, 5.74) is 1.01. The fraction of sp³-hybridized carbons (Fsp3) is 0.273.